The quantitative estimate of drug-likeness (QED) is 0.865. The minimum absolute atomic E-state index is 0.0700. The van der Waals surface area contributed by atoms with E-state index >= 15 is 0 Å². The average molecular weight is 287 g/mol. The van der Waals surface area contributed by atoms with E-state index in [1.807, 2.05) is 4.90 Å². The number of carbonyl (C=O) groups excluding carboxylic acids is 1. The molecule has 21 heavy (non-hydrogen) atoms. The van der Waals surface area contributed by atoms with Crippen molar-refractivity contribution in [2.24, 2.45) is 0 Å². The second kappa shape index (κ2) is 6.57. The molecule has 4 heteroatoms. The van der Waals surface area contributed by atoms with Crippen LogP contribution in [0, 0.1) is 0 Å². The van der Waals surface area contributed by atoms with Crippen LogP contribution in [-0.2, 0) is 4.79 Å². The Balaban J connectivity index is 2.14. The van der Waals surface area contributed by atoms with Gasteiger partial charge in [0.25, 0.3) is 5.91 Å². The van der Waals surface area contributed by atoms with Crippen LogP contribution in [-0.4, -0.2) is 34.0 Å². The zero-order chi connectivity index (χ0) is 15.4. The molecule has 1 N–H and O–H groups in total. The lowest BCUT2D eigenvalue weighted by Gasteiger charge is -2.28. The van der Waals surface area contributed by atoms with E-state index in [-0.39, 0.29) is 11.9 Å². The van der Waals surface area contributed by atoms with E-state index in [1.165, 1.54) is 6.08 Å². The standard InChI is InChI=1S/C17H21NO3/c1-3-15-10-4-12(2)18(15)17(21)14-8-5-13(6-9-14)7-11-16(19)20/h5-9,11-12,15H,3-4,10H2,1-2H3,(H,19,20)/b11-7+. The van der Waals surface area contributed by atoms with Crippen molar-refractivity contribution in [3.63, 3.8) is 0 Å². The lowest BCUT2D eigenvalue weighted by atomic mass is 10.1. The van der Waals surface area contributed by atoms with Crippen LogP contribution in [0.3, 0.4) is 0 Å². The minimum Gasteiger partial charge on any atom is -0.478 e. The van der Waals surface area contributed by atoms with Crippen molar-refractivity contribution >= 4 is 18.0 Å². The molecule has 0 spiro atoms. The van der Waals surface area contributed by atoms with Gasteiger partial charge in [-0.15, -0.1) is 0 Å². The van der Waals surface area contributed by atoms with Crippen molar-refractivity contribution in [3.8, 4) is 0 Å². The number of amides is 1. The molecule has 1 aliphatic rings. The molecular formula is C17H21NO3. The Morgan fingerprint density at radius 1 is 1.29 bits per heavy atom. The summed E-state index contributed by atoms with van der Waals surface area (Å²) in [5.41, 5.74) is 1.44. The van der Waals surface area contributed by atoms with Gasteiger partial charge >= 0.3 is 5.97 Å². The van der Waals surface area contributed by atoms with Crippen LogP contribution < -0.4 is 0 Å². The molecule has 1 fully saturated rings. The van der Waals surface area contributed by atoms with Gasteiger partial charge in [-0.05, 0) is 50.0 Å². The summed E-state index contributed by atoms with van der Waals surface area (Å²) in [4.78, 5) is 25.1. The second-order valence-corrected chi connectivity index (χ2v) is 5.49. The van der Waals surface area contributed by atoms with E-state index in [2.05, 4.69) is 13.8 Å². The van der Waals surface area contributed by atoms with E-state index in [1.54, 1.807) is 24.3 Å². The van der Waals surface area contributed by atoms with Gasteiger partial charge in [0, 0.05) is 23.7 Å². The summed E-state index contributed by atoms with van der Waals surface area (Å²) >= 11 is 0. The number of aliphatic carboxylic acids is 1. The summed E-state index contributed by atoms with van der Waals surface area (Å²) in [6.07, 6.45) is 5.72. The molecule has 1 aromatic carbocycles. The molecule has 0 saturated carbocycles. The van der Waals surface area contributed by atoms with Gasteiger partial charge in [-0.1, -0.05) is 19.1 Å². The summed E-state index contributed by atoms with van der Waals surface area (Å²) in [6.45, 7) is 4.21. The minimum atomic E-state index is -0.980. The molecule has 1 aliphatic heterocycles. The Hall–Kier alpha value is -2.10. The SMILES string of the molecule is CCC1CCC(C)N1C(=O)c1ccc(/C=C/C(=O)O)cc1. The molecule has 2 atom stereocenters. The third-order valence-corrected chi connectivity index (χ3v) is 4.07. The molecule has 0 bridgehead atoms. The zero-order valence-corrected chi connectivity index (χ0v) is 12.5. The summed E-state index contributed by atoms with van der Waals surface area (Å²) < 4.78 is 0. The van der Waals surface area contributed by atoms with Crippen LogP contribution in [0.5, 0.6) is 0 Å². The first-order chi connectivity index (χ1) is 10.0. The Labute approximate surface area is 125 Å². The maximum absolute atomic E-state index is 12.6. The molecule has 112 valence electrons. The fourth-order valence-electron chi connectivity index (χ4n) is 2.89. The summed E-state index contributed by atoms with van der Waals surface area (Å²) in [5, 5.41) is 8.60. The Morgan fingerprint density at radius 2 is 1.95 bits per heavy atom. The molecule has 0 radical (unpaired) electrons. The van der Waals surface area contributed by atoms with E-state index in [0.717, 1.165) is 30.9 Å². The number of carboxylic acid groups (broad SMARTS) is 1. The van der Waals surface area contributed by atoms with Crippen LogP contribution >= 0.6 is 0 Å². The van der Waals surface area contributed by atoms with Crippen molar-refractivity contribution in [1.29, 1.82) is 0 Å². The third-order valence-electron chi connectivity index (χ3n) is 4.07. The van der Waals surface area contributed by atoms with Crippen molar-refractivity contribution < 1.29 is 14.7 Å². The van der Waals surface area contributed by atoms with Crippen LogP contribution in [0.2, 0.25) is 0 Å². The number of benzene rings is 1. The second-order valence-electron chi connectivity index (χ2n) is 5.49. The number of rotatable bonds is 4. The Kier molecular flexibility index (Phi) is 4.78. The van der Waals surface area contributed by atoms with E-state index < -0.39 is 5.97 Å². The first-order valence-corrected chi connectivity index (χ1v) is 7.36. The van der Waals surface area contributed by atoms with E-state index in [0.29, 0.717) is 11.6 Å². The zero-order valence-electron chi connectivity index (χ0n) is 12.5. The van der Waals surface area contributed by atoms with Crippen LogP contribution in [0.4, 0.5) is 0 Å². The summed E-state index contributed by atoms with van der Waals surface area (Å²) in [5.74, 6) is -0.910. The molecule has 0 aliphatic carbocycles. The summed E-state index contributed by atoms with van der Waals surface area (Å²) in [7, 11) is 0. The highest BCUT2D eigenvalue weighted by molar-refractivity contribution is 5.95. The predicted octanol–water partition coefficient (Wildman–Crippen LogP) is 3.19. The molecule has 1 saturated heterocycles. The van der Waals surface area contributed by atoms with E-state index in [9.17, 15) is 9.59 Å². The summed E-state index contributed by atoms with van der Waals surface area (Å²) in [6, 6.07) is 7.69. The smallest absolute Gasteiger partial charge is 0.328 e. The lowest BCUT2D eigenvalue weighted by molar-refractivity contribution is -0.131. The van der Waals surface area contributed by atoms with Crippen LogP contribution in [0.15, 0.2) is 30.3 Å². The lowest BCUT2D eigenvalue weighted by Crippen LogP contribution is -2.39. The third kappa shape index (κ3) is 3.51. The highest BCUT2D eigenvalue weighted by atomic mass is 16.4. The molecule has 2 unspecified atom stereocenters. The topological polar surface area (TPSA) is 57.6 Å². The first kappa shape index (κ1) is 15.3. The van der Waals surface area contributed by atoms with Crippen molar-refractivity contribution in [1.82, 2.24) is 4.90 Å². The van der Waals surface area contributed by atoms with Crippen LogP contribution in [0.1, 0.15) is 49.0 Å². The van der Waals surface area contributed by atoms with Gasteiger partial charge in [0.05, 0.1) is 0 Å². The molecule has 1 aromatic rings. The number of likely N-dealkylation sites (tertiary alicyclic amines) is 1. The molecule has 2 rings (SSSR count). The van der Waals surface area contributed by atoms with Gasteiger partial charge in [-0.25, -0.2) is 4.79 Å². The normalized spacial score (nSPS) is 21.9. The van der Waals surface area contributed by atoms with Gasteiger partial charge in [0.15, 0.2) is 0 Å². The maximum atomic E-state index is 12.6. The highest BCUT2D eigenvalue weighted by Crippen LogP contribution is 2.27. The van der Waals surface area contributed by atoms with Gasteiger partial charge in [-0.2, -0.15) is 0 Å². The largest absolute Gasteiger partial charge is 0.478 e. The van der Waals surface area contributed by atoms with Crippen LogP contribution in [0.25, 0.3) is 6.08 Å². The molecule has 1 heterocycles. The number of hydrogen-bond donors (Lipinski definition) is 1. The predicted molar refractivity (Wildman–Crippen MR) is 82.1 cm³/mol. The van der Waals surface area contributed by atoms with Gasteiger partial charge in [0.2, 0.25) is 0 Å². The van der Waals surface area contributed by atoms with Crippen molar-refractivity contribution in [3.05, 3.63) is 41.5 Å². The van der Waals surface area contributed by atoms with Crippen molar-refractivity contribution in [2.75, 3.05) is 0 Å². The Bertz CT molecular complexity index is 548. The number of nitrogens with zero attached hydrogens (tertiary/aromatic N) is 1. The average Bonchev–Trinajstić information content (AvgIpc) is 2.85. The fraction of sp³-hybridized carbons (Fsp3) is 0.412. The fourth-order valence-corrected chi connectivity index (χ4v) is 2.89. The van der Waals surface area contributed by atoms with Gasteiger partial charge < -0.3 is 10.0 Å². The molecule has 4 nitrogen and oxygen atoms in total. The van der Waals surface area contributed by atoms with Crippen molar-refractivity contribution in [2.45, 2.75) is 45.2 Å². The maximum Gasteiger partial charge on any atom is 0.328 e. The monoisotopic (exact) mass is 287 g/mol. The molecule has 1 amide bonds. The first-order valence-electron chi connectivity index (χ1n) is 7.36. The molecular weight excluding hydrogens is 266 g/mol. The van der Waals surface area contributed by atoms with Gasteiger partial charge in [0.1, 0.15) is 0 Å². The number of carboxylic acids is 1. The van der Waals surface area contributed by atoms with Gasteiger partial charge in [-0.3, -0.25) is 4.79 Å². The molecule has 0 aromatic heterocycles. The Morgan fingerprint density at radius 3 is 2.52 bits per heavy atom. The number of carbonyl (C=O) groups is 2. The van der Waals surface area contributed by atoms with E-state index in [4.69, 9.17) is 5.11 Å². The highest BCUT2D eigenvalue weighted by Gasteiger charge is 2.33. The number of hydrogen-bond acceptors (Lipinski definition) is 2.